The fourth-order valence-corrected chi connectivity index (χ4v) is 2.79. The minimum atomic E-state index is -0.314. The molecule has 142 valence electrons. The molecule has 0 spiro atoms. The highest BCUT2D eigenvalue weighted by molar-refractivity contribution is 6.35. The topological polar surface area (TPSA) is 60.5 Å². The molecule has 1 aromatic heterocycles. The number of rotatable bonds is 6. The SMILES string of the molecule is COc1ccccc1Oc1ccc(NC(=O)/C=C/c2ccc(Cl)cc2Cl)cn1. The molecule has 28 heavy (non-hydrogen) atoms. The van der Waals surface area contributed by atoms with E-state index in [0.29, 0.717) is 38.7 Å². The van der Waals surface area contributed by atoms with Crippen LogP contribution in [0.2, 0.25) is 10.0 Å². The van der Waals surface area contributed by atoms with Gasteiger partial charge in [-0.25, -0.2) is 4.98 Å². The molecular formula is C21H16Cl2N2O3. The van der Waals surface area contributed by atoms with Crippen molar-refractivity contribution in [2.45, 2.75) is 0 Å². The zero-order chi connectivity index (χ0) is 19.9. The molecule has 3 aromatic rings. The second-order valence-electron chi connectivity index (χ2n) is 5.63. The highest BCUT2D eigenvalue weighted by atomic mass is 35.5. The number of pyridine rings is 1. The third-order valence-corrected chi connectivity index (χ3v) is 4.23. The van der Waals surface area contributed by atoms with Gasteiger partial charge < -0.3 is 14.8 Å². The van der Waals surface area contributed by atoms with Crippen LogP contribution in [-0.4, -0.2) is 18.0 Å². The smallest absolute Gasteiger partial charge is 0.248 e. The van der Waals surface area contributed by atoms with Crippen LogP contribution in [0.1, 0.15) is 5.56 Å². The van der Waals surface area contributed by atoms with Gasteiger partial charge in [0.1, 0.15) is 0 Å². The van der Waals surface area contributed by atoms with Gasteiger partial charge in [-0.1, -0.05) is 41.4 Å². The first kappa shape index (κ1) is 19.7. The van der Waals surface area contributed by atoms with Gasteiger partial charge in [-0.3, -0.25) is 4.79 Å². The molecule has 0 unspecified atom stereocenters. The molecule has 5 nitrogen and oxygen atoms in total. The Morgan fingerprint density at radius 2 is 1.86 bits per heavy atom. The minimum absolute atomic E-state index is 0.314. The van der Waals surface area contributed by atoms with E-state index in [0.717, 1.165) is 0 Å². The number of carbonyl (C=O) groups excluding carboxylic acids is 1. The molecule has 0 aliphatic carbocycles. The minimum Gasteiger partial charge on any atom is -0.493 e. The number of benzene rings is 2. The zero-order valence-electron chi connectivity index (χ0n) is 14.9. The first-order valence-corrected chi connectivity index (χ1v) is 9.02. The number of halogens is 2. The fourth-order valence-electron chi connectivity index (χ4n) is 2.32. The Balaban J connectivity index is 1.62. The molecule has 1 N–H and O–H groups in total. The highest BCUT2D eigenvalue weighted by Crippen LogP contribution is 2.30. The Kier molecular flexibility index (Phi) is 6.53. The van der Waals surface area contributed by atoms with E-state index in [2.05, 4.69) is 10.3 Å². The molecule has 0 fully saturated rings. The molecule has 0 saturated carbocycles. The van der Waals surface area contributed by atoms with Crippen molar-refractivity contribution in [1.82, 2.24) is 4.98 Å². The number of ether oxygens (including phenoxy) is 2. The number of carbonyl (C=O) groups is 1. The molecule has 7 heteroatoms. The summed E-state index contributed by atoms with van der Waals surface area (Å²) < 4.78 is 10.9. The van der Waals surface area contributed by atoms with Crippen molar-refractivity contribution in [3.8, 4) is 17.4 Å². The predicted molar refractivity (Wildman–Crippen MR) is 111 cm³/mol. The number of aromatic nitrogens is 1. The van der Waals surface area contributed by atoms with Crippen molar-refractivity contribution < 1.29 is 14.3 Å². The average molecular weight is 415 g/mol. The first-order chi connectivity index (χ1) is 13.5. The van der Waals surface area contributed by atoms with Crippen molar-refractivity contribution in [1.29, 1.82) is 0 Å². The number of hydrogen-bond donors (Lipinski definition) is 1. The van der Waals surface area contributed by atoms with Crippen LogP contribution in [0, 0.1) is 0 Å². The fraction of sp³-hybridized carbons (Fsp3) is 0.0476. The van der Waals surface area contributed by atoms with Crippen LogP contribution >= 0.6 is 23.2 Å². The quantitative estimate of drug-likeness (QED) is 0.514. The molecule has 0 bridgehead atoms. The van der Waals surface area contributed by atoms with Crippen molar-refractivity contribution in [2.24, 2.45) is 0 Å². The maximum Gasteiger partial charge on any atom is 0.248 e. The maximum atomic E-state index is 12.1. The molecule has 0 saturated heterocycles. The van der Waals surface area contributed by atoms with E-state index in [1.54, 1.807) is 55.7 Å². The van der Waals surface area contributed by atoms with Gasteiger partial charge in [0.25, 0.3) is 0 Å². The van der Waals surface area contributed by atoms with Gasteiger partial charge in [0, 0.05) is 22.2 Å². The van der Waals surface area contributed by atoms with Crippen LogP contribution in [0.5, 0.6) is 17.4 Å². The summed E-state index contributed by atoms with van der Waals surface area (Å²) in [5, 5.41) is 3.72. The molecule has 3 rings (SSSR count). The average Bonchev–Trinajstić information content (AvgIpc) is 2.69. The van der Waals surface area contributed by atoms with Gasteiger partial charge >= 0.3 is 0 Å². The molecule has 0 radical (unpaired) electrons. The number of methoxy groups -OCH3 is 1. The summed E-state index contributed by atoms with van der Waals surface area (Å²) in [5.41, 5.74) is 1.23. The van der Waals surface area contributed by atoms with Gasteiger partial charge in [0.2, 0.25) is 11.8 Å². The summed E-state index contributed by atoms with van der Waals surface area (Å²) in [7, 11) is 1.57. The Morgan fingerprint density at radius 3 is 2.54 bits per heavy atom. The Hall–Kier alpha value is -3.02. The molecule has 1 heterocycles. The molecular weight excluding hydrogens is 399 g/mol. The van der Waals surface area contributed by atoms with Crippen molar-refractivity contribution >= 4 is 40.9 Å². The highest BCUT2D eigenvalue weighted by Gasteiger charge is 2.06. The summed E-state index contributed by atoms with van der Waals surface area (Å²) in [5.74, 6) is 1.22. The van der Waals surface area contributed by atoms with Crippen LogP contribution in [0.3, 0.4) is 0 Å². The van der Waals surface area contributed by atoms with Crippen LogP contribution in [0.15, 0.2) is 66.9 Å². The standard InChI is InChI=1S/C21H16Cl2N2O3/c1-27-18-4-2-3-5-19(18)28-21-11-9-16(13-24-21)25-20(26)10-7-14-6-8-15(22)12-17(14)23/h2-13H,1H3,(H,25,26)/b10-7+. The number of amides is 1. The lowest BCUT2D eigenvalue weighted by molar-refractivity contribution is -0.111. The lowest BCUT2D eigenvalue weighted by Gasteiger charge is -2.09. The van der Waals surface area contributed by atoms with Crippen LogP contribution in [0.4, 0.5) is 5.69 Å². The molecule has 0 atom stereocenters. The number of hydrogen-bond acceptors (Lipinski definition) is 4. The van der Waals surface area contributed by atoms with Gasteiger partial charge in [-0.05, 0) is 42.0 Å². The van der Waals surface area contributed by atoms with E-state index in [4.69, 9.17) is 32.7 Å². The summed E-state index contributed by atoms with van der Waals surface area (Å²) in [6.45, 7) is 0. The lowest BCUT2D eigenvalue weighted by atomic mass is 10.2. The van der Waals surface area contributed by atoms with Crippen molar-refractivity contribution in [3.63, 3.8) is 0 Å². The number of para-hydroxylation sites is 2. The van der Waals surface area contributed by atoms with Gasteiger partial charge in [0.05, 0.1) is 19.0 Å². The third-order valence-electron chi connectivity index (χ3n) is 3.66. The van der Waals surface area contributed by atoms with E-state index < -0.39 is 0 Å². The normalized spacial score (nSPS) is 10.7. The second kappa shape index (κ2) is 9.26. The van der Waals surface area contributed by atoms with Gasteiger partial charge in [-0.15, -0.1) is 0 Å². The van der Waals surface area contributed by atoms with Gasteiger partial charge in [-0.2, -0.15) is 0 Å². The summed E-state index contributed by atoms with van der Waals surface area (Å²) in [4.78, 5) is 16.3. The van der Waals surface area contributed by atoms with E-state index in [-0.39, 0.29) is 5.91 Å². The molecule has 1 amide bonds. The van der Waals surface area contributed by atoms with E-state index in [1.165, 1.54) is 12.3 Å². The van der Waals surface area contributed by atoms with E-state index in [1.807, 2.05) is 12.1 Å². The first-order valence-electron chi connectivity index (χ1n) is 8.26. The summed E-state index contributed by atoms with van der Waals surface area (Å²) in [6.07, 6.45) is 4.50. The van der Waals surface area contributed by atoms with Crippen molar-refractivity contribution in [3.05, 3.63) is 82.5 Å². The Bertz CT molecular complexity index is 1000. The molecule has 0 aliphatic rings. The monoisotopic (exact) mass is 414 g/mol. The summed E-state index contributed by atoms with van der Waals surface area (Å²) in [6, 6.07) is 15.7. The predicted octanol–water partition coefficient (Wildman–Crippen LogP) is 5.84. The van der Waals surface area contributed by atoms with Crippen LogP contribution < -0.4 is 14.8 Å². The number of nitrogens with zero attached hydrogens (tertiary/aromatic N) is 1. The van der Waals surface area contributed by atoms with Gasteiger partial charge in [0.15, 0.2) is 11.5 Å². The largest absolute Gasteiger partial charge is 0.493 e. The number of nitrogens with one attached hydrogen (secondary N) is 1. The van der Waals surface area contributed by atoms with E-state index in [9.17, 15) is 4.79 Å². The van der Waals surface area contributed by atoms with Crippen molar-refractivity contribution in [2.75, 3.05) is 12.4 Å². The Morgan fingerprint density at radius 1 is 1.07 bits per heavy atom. The number of anilines is 1. The molecule has 0 aliphatic heterocycles. The second-order valence-corrected chi connectivity index (χ2v) is 6.47. The van der Waals surface area contributed by atoms with Crippen LogP contribution in [0.25, 0.3) is 6.08 Å². The zero-order valence-corrected chi connectivity index (χ0v) is 16.4. The third kappa shape index (κ3) is 5.25. The molecule has 2 aromatic carbocycles. The van der Waals surface area contributed by atoms with Crippen LogP contribution in [-0.2, 0) is 4.79 Å². The van der Waals surface area contributed by atoms with E-state index >= 15 is 0 Å². The lowest BCUT2D eigenvalue weighted by Crippen LogP contribution is -2.08. The maximum absolute atomic E-state index is 12.1. The summed E-state index contributed by atoms with van der Waals surface area (Å²) >= 11 is 11.9. The Labute approximate surface area is 172 Å².